The van der Waals surface area contributed by atoms with E-state index in [2.05, 4.69) is 9.97 Å². The number of rotatable bonds is 2. The number of benzene rings is 1. The number of hydrogen-bond donors (Lipinski definition) is 1. The van der Waals surface area contributed by atoms with Crippen LogP contribution in [-0.4, -0.2) is 9.97 Å². The summed E-state index contributed by atoms with van der Waals surface area (Å²) in [6.07, 6.45) is 2.17. The first-order chi connectivity index (χ1) is 10.1. The van der Waals surface area contributed by atoms with Gasteiger partial charge in [0.2, 0.25) is 0 Å². The van der Waals surface area contributed by atoms with E-state index in [1.807, 2.05) is 6.92 Å². The van der Waals surface area contributed by atoms with Crippen LogP contribution < -0.4 is 5.73 Å². The lowest BCUT2D eigenvalue weighted by Crippen LogP contribution is -1.99. The summed E-state index contributed by atoms with van der Waals surface area (Å²) in [6.45, 7) is 1.96. The van der Waals surface area contributed by atoms with E-state index in [1.165, 1.54) is 12.3 Å². The Morgan fingerprint density at radius 1 is 1.23 bits per heavy atom. The number of nitrogens with zero attached hydrogens (tertiary/aromatic N) is 2. The summed E-state index contributed by atoms with van der Waals surface area (Å²) in [5, 5.41) is 1.31. The van der Waals surface area contributed by atoms with Crippen molar-refractivity contribution in [2.24, 2.45) is 0 Å². The summed E-state index contributed by atoms with van der Waals surface area (Å²) in [7, 11) is 0. The van der Waals surface area contributed by atoms with Crippen molar-refractivity contribution in [2.45, 2.75) is 13.3 Å². The fourth-order valence-electron chi connectivity index (χ4n) is 2.42. The number of anilines is 1. The quantitative estimate of drug-likeness (QED) is 0.740. The molecule has 0 unspecified atom stereocenters. The molecule has 1 aromatic carbocycles. The number of pyridine rings is 2. The molecule has 3 rings (SSSR count). The number of aromatic nitrogens is 2. The lowest BCUT2D eigenvalue weighted by molar-refractivity contribution is 0.632. The predicted molar refractivity (Wildman–Crippen MR) is 91.0 cm³/mol. The minimum absolute atomic E-state index is 0. The van der Waals surface area contributed by atoms with Crippen LogP contribution in [0.1, 0.15) is 12.6 Å². The van der Waals surface area contributed by atoms with E-state index in [4.69, 9.17) is 17.3 Å². The molecule has 2 N–H and O–H groups in total. The van der Waals surface area contributed by atoms with Crippen molar-refractivity contribution in [3.63, 3.8) is 0 Å². The molecule has 0 atom stereocenters. The molecule has 2 aromatic heterocycles. The van der Waals surface area contributed by atoms with Crippen LogP contribution in [0.15, 0.2) is 36.5 Å². The number of hydrogen-bond acceptors (Lipinski definition) is 3. The van der Waals surface area contributed by atoms with Gasteiger partial charge in [-0.15, -0.1) is 12.4 Å². The second-order valence-electron chi connectivity index (χ2n) is 4.73. The van der Waals surface area contributed by atoms with Crippen LogP contribution in [0.4, 0.5) is 10.2 Å². The molecule has 0 spiro atoms. The number of halogens is 3. The highest BCUT2D eigenvalue weighted by Gasteiger charge is 2.15. The number of aryl methyl sites for hydroxylation is 1. The Labute approximate surface area is 138 Å². The molecular formula is C16H14Cl2FN3. The monoisotopic (exact) mass is 337 g/mol. The van der Waals surface area contributed by atoms with Gasteiger partial charge in [0.1, 0.15) is 11.6 Å². The molecule has 2 heterocycles. The SMILES string of the molecule is CCc1nc(N)ccc1-c1c(F)ccc2cc(Cl)cnc12.Cl. The fourth-order valence-corrected chi connectivity index (χ4v) is 2.59. The molecular weight excluding hydrogens is 324 g/mol. The minimum Gasteiger partial charge on any atom is -0.384 e. The van der Waals surface area contributed by atoms with E-state index in [0.29, 0.717) is 33.9 Å². The summed E-state index contributed by atoms with van der Waals surface area (Å²) < 4.78 is 14.4. The largest absolute Gasteiger partial charge is 0.384 e. The van der Waals surface area contributed by atoms with Crippen LogP contribution in [0.3, 0.4) is 0 Å². The zero-order valence-corrected chi connectivity index (χ0v) is 13.4. The van der Waals surface area contributed by atoms with Gasteiger partial charge in [-0.25, -0.2) is 9.37 Å². The van der Waals surface area contributed by atoms with E-state index < -0.39 is 0 Å². The minimum atomic E-state index is -0.335. The third kappa shape index (κ3) is 2.85. The highest BCUT2D eigenvalue weighted by Crippen LogP contribution is 2.33. The summed E-state index contributed by atoms with van der Waals surface area (Å²) in [5.41, 5.74) is 8.18. The zero-order valence-electron chi connectivity index (χ0n) is 11.8. The number of nitrogen functional groups attached to an aromatic ring is 1. The number of fused-ring (bicyclic) bond motifs is 1. The van der Waals surface area contributed by atoms with Gasteiger partial charge in [0, 0.05) is 22.7 Å². The maximum Gasteiger partial charge on any atom is 0.133 e. The van der Waals surface area contributed by atoms with E-state index in [0.717, 1.165) is 11.1 Å². The second-order valence-corrected chi connectivity index (χ2v) is 5.17. The van der Waals surface area contributed by atoms with Gasteiger partial charge in [0.05, 0.1) is 16.2 Å². The molecule has 3 aromatic rings. The normalized spacial score (nSPS) is 10.5. The first kappa shape index (κ1) is 16.5. The van der Waals surface area contributed by atoms with E-state index in [1.54, 1.807) is 24.3 Å². The molecule has 0 fully saturated rings. The van der Waals surface area contributed by atoms with E-state index in [9.17, 15) is 4.39 Å². The Hall–Kier alpha value is -1.91. The summed E-state index contributed by atoms with van der Waals surface area (Å²) in [6, 6.07) is 8.32. The molecule has 22 heavy (non-hydrogen) atoms. The molecule has 0 saturated heterocycles. The molecule has 0 aliphatic carbocycles. The van der Waals surface area contributed by atoms with Crippen LogP contribution in [0.2, 0.25) is 5.02 Å². The lowest BCUT2D eigenvalue weighted by Gasteiger charge is -2.11. The number of nitrogens with two attached hydrogens (primary N) is 1. The second kappa shape index (κ2) is 6.46. The highest BCUT2D eigenvalue weighted by molar-refractivity contribution is 6.31. The van der Waals surface area contributed by atoms with Crippen molar-refractivity contribution in [1.29, 1.82) is 0 Å². The molecule has 114 valence electrons. The summed E-state index contributed by atoms with van der Waals surface area (Å²) >= 11 is 5.95. The Kier molecular flexibility index (Phi) is 4.84. The van der Waals surface area contributed by atoms with Gasteiger partial charge in [-0.1, -0.05) is 18.5 Å². The molecule has 0 aliphatic heterocycles. The average Bonchev–Trinajstić information content (AvgIpc) is 2.48. The van der Waals surface area contributed by atoms with Gasteiger partial charge in [-0.3, -0.25) is 4.98 Å². The molecule has 0 amide bonds. The molecule has 0 radical (unpaired) electrons. The average molecular weight is 338 g/mol. The van der Waals surface area contributed by atoms with Gasteiger partial charge in [0.25, 0.3) is 0 Å². The van der Waals surface area contributed by atoms with Crippen molar-refractivity contribution < 1.29 is 4.39 Å². The van der Waals surface area contributed by atoms with E-state index >= 15 is 0 Å². The standard InChI is InChI=1S/C16H13ClFN3.ClH/c1-2-13-11(4-6-14(19)21-13)15-12(18)5-3-9-7-10(17)8-20-16(9)15;/h3-8H,2H2,1H3,(H2,19,21);1H. The fraction of sp³-hybridized carbons (Fsp3) is 0.125. The summed E-state index contributed by atoms with van der Waals surface area (Å²) in [5.74, 6) is 0.0887. The highest BCUT2D eigenvalue weighted by atomic mass is 35.5. The van der Waals surface area contributed by atoms with Gasteiger partial charge in [0.15, 0.2) is 0 Å². The predicted octanol–water partition coefficient (Wildman–Crippen LogP) is 4.66. The summed E-state index contributed by atoms with van der Waals surface area (Å²) in [4.78, 5) is 8.58. The van der Waals surface area contributed by atoms with Crippen molar-refractivity contribution in [1.82, 2.24) is 9.97 Å². The topological polar surface area (TPSA) is 51.8 Å². The van der Waals surface area contributed by atoms with E-state index in [-0.39, 0.29) is 18.2 Å². The molecule has 3 nitrogen and oxygen atoms in total. The zero-order chi connectivity index (χ0) is 15.0. The maximum absolute atomic E-state index is 14.4. The van der Waals surface area contributed by atoms with Crippen LogP contribution >= 0.6 is 24.0 Å². The van der Waals surface area contributed by atoms with Crippen LogP contribution in [0.5, 0.6) is 0 Å². The molecule has 0 saturated carbocycles. The first-order valence-corrected chi connectivity index (χ1v) is 6.97. The maximum atomic E-state index is 14.4. The third-order valence-corrected chi connectivity index (χ3v) is 3.58. The Balaban J connectivity index is 0.00000176. The molecule has 0 bridgehead atoms. The van der Waals surface area contributed by atoms with Crippen molar-refractivity contribution in [3.05, 3.63) is 53.1 Å². The van der Waals surface area contributed by atoms with Gasteiger partial charge in [-0.2, -0.15) is 0 Å². The van der Waals surface area contributed by atoms with Crippen molar-refractivity contribution in [3.8, 4) is 11.1 Å². The Bertz CT molecular complexity index is 837. The van der Waals surface area contributed by atoms with Crippen molar-refractivity contribution in [2.75, 3.05) is 5.73 Å². The van der Waals surface area contributed by atoms with Gasteiger partial charge >= 0.3 is 0 Å². The smallest absolute Gasteiger partial charge is 0.133 e. The Morgan fingerprint density at radius 3 is 2.73 bits per heavy atom. The third-order valence-electron chi connectivity index (χ3n) is 3.37. The van der Waals surface area contributed by atoms with Gasteiger partial charge in [-0.05, 0) is 36.8 Å². The molecule has 0 aliphatic rings. The van der Waals surface area contributed by atoms with Crippen LogP contribution in [-0.2, 0) is 6.42 Å². The van der Waals surface area contributed by atoms with Crippen molar-refractivity contribution >= 4 is 40.7 Å². The molecule has 6 heteroatoms. The van der Waals surface area contributed by atoms with Crippen LogP contribution in [0, 0.1) is 5.82 Å². The first-order valence-electron chi connectivity index (χ1n) is 6.59. The Morgan fingerprint density at radius 2 is 2.00 bits per heavy atom. The van der Waals surface area contributed by atoms with Gasteiger partial charge < -0.3 is 5.73 Å². The van der Waals surface area contributed by atoms with Crippen LogP contribution in [0.25, 0.3) is 22.0 Å². The lowest BCUT2D eigenvalue weighted by atomic mass is 9.99.